The molecule has 0 spiro atoms. The van der Waals surface area contributed by atoms with Gasteiger partial charge in [-0.1, -0.05) is 141 Å². The van der Waals surface area contributed by atoms with Crippen LogP contribution in [-0.2, 0) is 19.2 Å². The lowest BCUT2D eigenvalue weighted by Crippen LogP contribution is -2.59. The Bertz CT molecular complexity index is 1010. The summed E-state index contributed by atoms with van der Waals surface area (Å²) in [6.45, 7) is 45.5. The number of carbonyl (C=O) groups is 5. The summed E-state index contributed by atoms with van der Waals surface area (Å²) >= 11 is 1.77. The summed E-state index contributed by atoms with van der Waals surface area (Å²) in [5, 5.41) is 13.0. The third-order valence-electron chi connectivity index (χ3n) is 8.04. The maximum absolute atomic E-state index is 13.0. The van der Waals surface area contributed by atoms with Crippen LogP contribution in [0.5, 0.6) is 0 Å². The molecule has 0 aromatic rings. The number of ketones is 1. The number of likely N-dealkylation sites (tertiary alicyclic amines) is 1. The van der Waals surface area contributed by atoms with Gasteiger partial charge in [-0.05, 0) is 51.9 Å². The highest BCUT2D eigenvalue weighted by Gasteiger charge is 2.35. The summed E-state index contributed by atoms with van der Waals surface area (Å²) in [7, 11) is 0. The number of hydrogen-bond acceptors (Lipinski definition) is 8. The molecule has 2 fully saturated rings. The van der Waals surface area contributed by atoms with Gasteiger partial charge in [-0.25, -0.2) is 9.80 Å². The summed E-state index contributed by atoms with van der Waals surface area (Å²) in [6, 6.07) is -0.804. The number of carbonyl (C=O) groups excluding carboxylic acids is 5. The fraction of sp³-hybridized carbons (Fsp3) is 0.837. The van der Waals surface area contributed by atoms with Crippen LogP contribution in [-0.4, -0.2) is 107 Å². The Morgan fingerprint density at radius 1 is 0.857 bits per heavy atom. The Morgan fingerprint density at radius 2 is 1.38 bits per heavy atom. The first-order valence-corrected chi connectivity index (χ1v) is 22.5. The van der Waals surface area contributed by atoms with Gasteiger partial charge in [0.05, 0.1) is 6.04 Å². The number of amides is 5. The second-order valence-corrected chi connectivity index (χ2v) is 15.5. The highest BCUT2D eigenvalue weighted by atomic mass is 32.2. The first kappa shape index (κ1) is 62.6. The lowest BCUT2D eigenvalue weighted by Gasteiger charge is -2.46. The molecular weight excluding hydrogens is 727 g/mol. The molecule has 2 rings (SSSR count). The van der Waals surface area contributed by atoms with Crippen LogP contribution in [0.15, 0.2) is 12.7 Å². The van der Waals surface area contributed by atoms with Crippen molar-refractivity contribution in [3.05, 3.63) is 12.7 Å². The molecule has 0 saturated carbocycles. The average Bonchev–Trinajstić information content (AvgIpc) is 3.59. The molecule has 0 aliphatic carbocycles. The van der Waals surface area contributed by atoms with Crippen molar-refractivity contribution in [1.82, 2.24) is 35.6 Å². The molecule has 13 heteroatoms. The van der Waals surface area contributed by atoms with E-state index in [1.165, 1.54) is 32.3 Å². The maximum Gasteiger partial charge on any atom is 0.315 e. The highest BCUT2D eigenvalue weighted by Crippen LogP contribution is 2.29. The summed E-state index contributed by atoms with van der Waals surface area (Å²) in [5.41, 5.74) is -0.0847. The van der Waals surface area contributed by atoms with E-state index in [0.717, 1.165) is 38.2 Å². The van der Waals surface area contributed by atoms with Crippen LogP contribution in [0.25, 0.3) is 0 Å². The minimum absolute atomic E-state index is 0.00858. The van der Waals surface area contributed by atoms with Crippen molar-refractivity contribution in [1.29, 1.82) is 0 Å². The van der Waals surface area contributed by atoms with Crippen LogP contribution in [0.3, 0.4) is 0 Å². The van der Waals surface area contributed by atoms with E-state index >= 15 is 0 Å². The van der Waals surface area contributed by atoms with Gasteiger partial charge in [-0.15, -0.1) is 6.58 Å². The molecule has 2 saturated heterocycles. The highest BCUT2D eigenvalue weighted by molar-refractivity contribution is 7.97. The van der Waals surface area contributed by atoms with Crippen LogP contribution < -0.4 is 21.3 Å². The van der Waals surface area contributed by atoms with Crippen LogP contribution in [0.2, 0.25) is 0 Å². The van der Waals surface area contributed by atoms with E-state index in [4.69, 9.17) is 0 Å². The van der Waals surface area contributed by atoms with Crippen LogP contribution in [0.4, 0.5) is 4.79 Å². The minimum Gasteiger partial charge on any atom is -0.349 e. The van der Waals surface area contributed by atoms with Crippen LogP contribution in [0.1, 0.15) is 164 Å². The third-order valence-corrected chi connectivity index (χ3v) is 9.21. The molecule has 0 bridgehead atoms. The minimum atomic E-state index is -0.790. The van der Waals surface area contributed by atoms with Gasteiger partial charge in [0.25, 0.3) is 5.91 Å². The Morgan fingerprint density at radius 3 is 1.71 bits per heavy atom. The zero-order valence-electron chi connectivity index (χ0n) is 39.7. The number of hydrazine groups is 1. The van der Waals surface area contributed by atoms with Crippen LogP contribution in [0, 0.1) is 11.3 Å². The number of nitrogens with one attached hydrogen (secondary N) is 4. The molecule has 4 unspecified atom stereocenters. The topological polar surface area (TPSA) is 143 Å². The quantitative estimate of drug-likeness (QED) is 0.0557. The zero-order valence-corrected chi connectivity index (χ0v) is 40.5. The average molecular weight is 818 g/mol. The molecule has 4 atom stereocenters. The van der Waals surface area contributed by atoms with Crippen molar-refractivity contribution in [2.75, 3.05) is 31.9 Å². The molecule has 56 heavy (non-hydrogen) atoms. The second-order valence-electron chi connectivity index (χ2n) is 14.5. The first-order chi connectivity index (χ1) is 26.4. The SMILES string of the molecule is C=CCNC(=O)C(=O)C(C)NC=O.CC.CC.CC.CC(C)C(NC(=O)NC(CSN1CCN1C(C)C)C(C)(C)C)C(=O)N1CCCC1C.CCC.CCCC. The van der Waals surface area contributed by atoms with E-state index in [0.29, 0.717) is 12.5 Å². The Kier molecular flexibility index (Phi) is 43.8. The summed E-state index contributed by atoms with van der Waals surface area (Å²) in [6.07, 6.45) is 7.81. The lowest BCUT2D eigenvalue weighted by molar-refractivity contribution is -0.139. The Labute approximate surface area is 350 Å². The van der Waals surface area contributed by atoms with Gasteiger partial charge in [0.15, 0.2) is 0 Å². The van der Waals surface area contributed by atoms with Gasteiger partial charge < -0.3 is 26.2 Å². The molecule has 12 nitrogen and oxygen atoms in total. The molecule has 0 aromatic heterocycles. The number of hydrogen-bond donors (Lipinski definition) is 4. The third kappa shape index (κ3) is 28.7. The normalized spacial score (nSPS) is 16.0. The Balaban J connectivity index is -0.000000276. The molecule has 334 valence electrons. The molecule has 4 N–H and O–H groups in total. The van der Waals surface area contributed by atoms with Crippen molar-refractivity contribution in [3.63, 3.8) is 0 Å². The van der Waals surface area contributed by atoms with Gasteiger partial charge in [-0.3, -0.25) is 19.2 Å². The monoisotopic (exact) mass is 818 g/mol. The van der Waals surface area contributed by atoms with Crippen molar-refractivity contribution in [3.8, 4) is 0 Å². The van der Waals surface area contributed by atoms with Crippen LogP contribution >= 0.6 is 11.9 Å². The largest absolute Gasteiger partial charge is 0.349 e. The fourth-order valence-corrected chi connectivity index (χ4v) is 6.07. The first-order valence-electron chi connectivity index (χ1n) is 21.5. The van der Waals surface area contributed by atoms with E-state index in [2.05, 4.69) is 107 Å². The van der Waals surface area contributed by atoms with E-state index in [1.54, 1.807) is 11.9 Å². The predicted molar refractivity (Wildman–Crippen MR) is 242 cm³/mol. The van der Waals surface area contributed by atoms with Crippen molar-refractivity contribution >= 4 is 42.0 Å². The maximum atomic E-state index is 13.0. The smallest absolute Gasteiger partial charge is 0.315 e. The van der Waals surface area contributed by atoms with E-state index < -0.39 is 23.8 Å². The van der Waals surface area contributed by atoms with E-state index in [1.807, 2.05) is 60.3 Å². The lowest BCUT2D eigenvalue weighted by atomic mass is 9.88. The van der Waals surface area contributed by atoms with Crippen molar-refractivity contribution in [2.24, 2.45) is 11.3 Å². The van der Waals surface area contributed by atoms with Crippen molar-refractivity contribution in [2.45, 2.75) is 194 Å². The number of unbranched alkanes of at least 4 members (excludes halogenated alkanes) is 1. The van der Waals surface area contributed by atoms with Gasteiger partial charge in [0.2, 0.25) is 18.1 Å². The fourth-order valence-electron chi connectivity index (χ4n) is 4.54. The second kappa shape index (κ2) is 39.2. The zero-order chi connectivity index (χ0) is 45.0. The molecule has 0 aromatic carbocycles. The molecule has 0 radical (unpaired) electrons. The summed E-state index contributed by atoms with van der Waals surface area (Å²) in [5.74, 6) is -0.515. The Hall–Kier alpha value is -2.64. The number of Topliss-reactive ketones (excluding diaryl/α,β-unsaturated/α-hetero) is 1. The molecule has 2 heterocycles. The number of nitrogens with zero attached hydrogens (tertiary/aromatic N) is 3. The molecule has 5 amide bonds. The standard InChI is InChI=1S/C22H43N5O2S.C8H12N2O3.C4H10.C3H8.3C2H6/c1-15(2)19(20(28)25-11-9-10-17(25)5)24-21(29)23-18(22(6,7)8)14-30-27-13-12-26(27)16(3)4;1-3-4-9-8(13)7(12)6(2)10-5-11;1-3-4-2;1-3-2;3*1-2/h15-19H,9-14H2,1-8H3,(H2,23,24,29);3,5-6H,1,4H2,2H3,(H,9,13)(H,10,11);3-4H2,1-2H3;3H2,1-2H3;3*1-2H3. The number of rotatable bonds is 15. The van der Waals surface area contributed by atoms with Crippen molar-refractivity contribution < 1.29 is 24.0 Å². The van der Waals surface area contributed by atoms with Gasteiger partial charge in [0, 0.05) is 50.1 Å². The molecule has 2 aliphatic heterocycles. The summed E-state index contributed by atoms with van der Waals surface area (Å²) in [4.78, 5) is 59.8. The molecular formula is C43H91N7O5S. The summed E-state index contributed by atoms with van der Waals surface area (Å²) < 4.78 is 2.29. The van der Waals surface area contributed by atoms with Gasteiger partial charge in [-0.2, -0.15) is 4.41 Å². The van der Waals surface area contributed by atoms with Gasteiger partial charge >= 0.3 is 6.03 Å². The van der Waals surface area contributed by atoms with E-state index in [-0.39, 0.29) is 41.9 Å². The predicted octanol–water partition coefficient (Wildman–Crippen LogP) is 8.62. The molecule has 2 aliphatic rings. The van der Waals surface area contributed by atoms with Gasteiger partial charge in [0.1, 0.15) is 6.04 Å². The number of urea groups is 1. The van der Waals surface area contributed by atoms with E-state index in [9.17, 15) is 24.0 Å².